The van der Waals surface area contributed by atoms with Gasteiger partial charge >= 0.3 is 11.8 Å². The number of piperazine rings is 1. The van der Waals surface area contributed by atoms with E-state index in [1.54, 1.807) is 23.3 Å². The number of nitro groups is 1. The number of aromatic carboxylic acids is 1. The second-order valence-corrected chi connectivity index (χ2v) is 8.03. The van der Waals surface area contributed by atoms with E-state index in [4.69, 9.17) is 0 Å². The molecule has 1 aliphatic rings. The maximum absolute atomic E-state index is 15.0. The van der Waals surface area contributed by atoms with Crippen LogP contribution in [0.25, 0.3) is 11.0 Å². The number of carboxylic acids is 1. The Hall–Kier alpha value is -3.87. The topological polar surface area (TPSA) is 140 Å². The van der Waals surface area contributed by atoms with Gasteiger partial charge in [-0.05, 0) is 17.9 Å². The van der Waals surface area contributed by atoms with Gasteiger partial charge in [0.2, 0.25) is 5.43 Å². The SMILES string of the molecule is CCn1cc(C(=O)O)c(=O)c2cc(F)c(N3CCN(CCn4c([N+](=O)[O-])cnc4C)CC3)nc21. The van der Waals surface area contributed by atoms with Crippen molar-refractivity contribution in [2.45, 2.75) is 26.9 Å². The fourth-order valence-corrected chi connectivity index (χ4v) is 4.19. The average molecular weight is 473 g/mol. The van der Waals surface area contributed by atoms with E-state index in [1.165, 1.54) is 17.0 Å². The van der Waals surface area contributed by atoms with Crippen LogP contribution in [-0.2, 0) is 13.1 Å². The number of nitrogens with zero attached hydrogens (tertiary/aromatic N) is 7. The third-order valence-corrected chi connectivity index (χ3v) is 6.09. The monoisotopic (exact) mass is 473 g/mol. The van der Waals surface area contributed by atoms with Gasteiger partial charge in [-0.15, -0.1) is 0 Å². The Kier molecular flexibility index (Phi) is 6.28. The first-order chi connectivity index (χ1) is 16.2. The predicted molar refractivity (Wildman–Crippen MR) is 121 cm³/mol. The number of halogens is 1. The van der Waals surface area contributed by atoms with Crippen LogP contribution in [0, 0.1) is 22.9 Å². The largest absolute Gasteiger partial charge is 0.477 e. The van der Waals surface area contributed by atoms with E-state index >= 15 is 0 Å². The molecule has 13 heteroatoms. The summed E-state index contributed by atoms with van der Waals surface area (Å²) in [5, 5.41) is 20.4. The van der Waals surface area contributed by atoms with Crippen molar-refractivity contribution in [1.29, 1.82) is 0 Å². The number of carboxylic acid groups (broad SMARTS) is 1. The summed E-state index contributed by atoms with van der Waals surface area (Å²) in [5.74, 6) is -1.43. The molecule has 0 aromatic carbocycles. The van der Waals surface area contributed by atoms with Crippen LogP contribution in [0.1, 0.15) is 23.1 Å². The van der Waals surface area contributed by atoms with Crippen molar-refractivity contribution in [2.75, 3.05) is 37.6 Å². The van der Waals surface area contributed by atoms with E-state index in [9.17, 15) is 29.2 Å². The summed E-state index contributed by atoms with van der Waals surface area (Å²) in [7, 11) is 0. The van der Waals surface area contributed by atoms with E-state index in [0.29, 0.717) is 51.6 Å². The van der Waals surface area contributed by atoms with Gasteiger partial charge in [-0.2, -0.15) is 0 Å². The van der Waals surface area contributed by atoms with E-state index in [2.05, 4.69) is 14.9 Å². The number of carbonyl (C=O) groups is 1. The van der Waals surface area contributed by atoms with Gasteiger partial charge in [0, 0.05) is 52.4 Å². The molecule has 3 aromatic rings. The Morgan fingerprint density at radius 3 is 2.59 bits per heavy atom. The third-order valence-electron chi connectivity index (χ3n) is 6.09. The minimum Gasteiger partial charge on any atom is -0.477 e. The lowest BCUT2D eigenvalue weighted by Crippen LogP contribution is -2.47. The maximum Gasteiger partial charge on any atom is 0.342 e. The number of pyridine rings is 2. The summed E-state index contributed by atoms with van der Waals surface area (Å²) in [6.07, 6.45) is 2.48. The Morgan fingerprint density at radius 1 is 1.26 bits per heavy atom. The predicted octanol–water partition coefficient (Wildman–Crippen LogP) is 1.49. The highest BCUT2D eigenvalue weighted by Gasteiger charge is 2.25. The summed E-state index contributed by atoms with van der Waals surface area (Å²) in [6, 6.07) is 1.06. The van der Waals surface area contributed by atoms with Crippen LogP contribution in [0.15, 0.2) is 23.3 Å². The fourth-order valence-electron chi connectivity index (χ4n) is 4.19. The molecule has 12 nitrogen and oxygen atoms in total. The molecule has 1 fully saturated rings. The van der Waals surface area contributed by atoms with E-state index < -0.39 is 27.7 Å². The molecule has 180 valence electrons. The first-order valence-corrected chi connectivity index (χ1v) is 10.8. The van der Waals surface area contributed by atoms with Crippen LogP contribution in [0.2, 0.25) is 0 Å². The highest BCUT2D eigenvalue weighted by molar-refractivity contribution is 5.92. The Morgan fingerprint density at radius 2 is 1.97 bits per heavy atom. The van der Waals surface area contributed by atoms with Crippen molar-refractivity contribution in [3.63, 3.8) is 0 Å². The Bertz CT molecular complexity index is 1330. The number of fused-ring (bicyclic) bond motifs is 1. The molecule has 0 amide bonds. The quantitative estimate of drug-likeness (QED) is 0.399. The molecular weight excluding hydrogens is 449 g/mol. The molecule has 0 saturated carbocycles. The molecular formula is C21H24FN7O5. The molecule has 1 saturated heterocycles. The fraction of sp³-hybridized carbons (Fsp3) is 0.429. The minimum absolute atomic E-state index is 0.0494. The van der Waals surface area contributed by atoms with Crippen molar-refractivity contribution >= 4 is 28.6 Å². The van der Waals surface area contributed by atoms with Crippen LogP contribution in [0.3, 0.4) is 0 Å². The van der Waals surface area contributed by atoms with E-state index in [0.717, 1.165) is 6.07 Å². The Labute approximate surface area is 193 Å². The van der Waals surface area contributed by atoms with E-state index in [-0.39, 0.29) is 22.7 Å². The van der Waals surface area contributed by atoms with Gasteiger partial charge in [0.25, 0.3) is 0 Å². The van der Waals surface area contributed by atoms with Crippen LogP contribution >= 0.6 is 0 Å². The van der Waals surface area contributed by atoms with E-state index in [1.807, 2.05) is 0 Å². The summed E-state index contributed by atoms with van der Waals surface area (Å²) >= 11 is 0. The number of imidazole rings is 1. The zero-order valence-electron chi connectivity index (χ0n) is 18.8. The molecule has 4 heterocycles. The number of anilines is 1. The number of hydrogen-bond donors (Lipinski definition) is 1. The smallest absolute Gasteiger partial charge is 0.342 e. The van der Waals surface area contributed by atoms with Crippen LogP contribution in [-0.4, -0.2) is 72.7 Å². The highest BCUT2D eigenvalue weighted by Crippen LogP contribution is 2.23. The van der Waals surface area contributed by atoms with Gasteiger partial charge < -0.3 is 24.7 Å². The van der Waals surface area contributed by atoms with Crippen LogP contribution in [0.4, 0.5) is 16.0 Å². The molecule has 0 spiro atoms. The molecule has 0 aliphatic carbocycles. The van der Waals surface area contributed by atoms with Gasteiger partial charge in [0.05, 0.1) is 5.39 Å². The average Bonchev–Trinajstić information content (AvgIpc) is 3.18. The minimum atomic E-state index is -1.37. The number of rotatable bonds is 7. The molecule has 0 atom stereocenters. The highest BCUT2D eigenvalue weighted by atomic mass is 19.1. The first-order valence-electron chi connectivity index (χ1n) is 10.8. The van der Waals surface area contributed by atoms with Crippen molar-refractivity contribution in [3.05, 3.63) is 56.0 Å². The lowest BCUT2D eigenvalue weighted by molar-refractivity contribution is -0.392. The summed E-state index contributed by atoms with van der Waals surface area (Å²) in [4.78, 5) is 46.9. The molecule has 0 bridgehead atoms. The second-order valence-electron chi connectivity index (χ2n) is 8.03. The molecule has 3 aromatic heterocycles. The van der Waals surface area contributed by atoms with Gasteiger partial charge in [-0.1, -0.05) is 0 Å². The summed E-state index contributed by atoms with van der Waals surface area (Å²) in [5.41, 5.74) is -0.955. The van der Waals surface area contributed by atoms with Crippen molar-refractivity contribution < 1.29 is 19.2 Å². The van der Waals surface area contributed by atoms with Gasteiger partial charge in [0.1, 0.15) is 24.0 Å². The molecule has 0 radical (unpaired) electrons. The van der Waals surface area contributed by atoms with Crippen LogP contribution < -0.4 is 10.3 Å². The van der Waals surface area contributed by atoms with Crippen molar-refractivity contribution in [2.24, 2.45) is 0 Å². The van der Waals surface area contributed by atoms with Gasteiger partial charge in [0.15, 0.2) is 17.5 Å². The van der Waals surface area contributed by atoms with Crippen LogP contribution in [0.5, 0.6) is 0 Å². The summed E-state index contributed by atoms with van der Waals surface area (Å²) in [6.45, 7) is 7.00. The number of aromatic nitrogens is 4. The standard InChI is InChI=1S/C21H24FN7O5/c1-3-26-12-15(21(31)32)18(30)14-10-16(22)20(24-19(14)26)27-7-4-25(5-8-27)6-9-28-13(2)23-11-17(28)29(33)34/h10-12H,3-9H2,1-2H3,(H,31,32). The Balaban J connectivity index is 1.51. The lowest BCUT2D eigenvalue weighted by Gasteiger charge is -2.35. The number of hydrogen-bond acceptors (Lipinski definition) is 8. The first kappa shape index (κ1) is 23.3. The summed E-state index contributed by atoms with van der Waals surface area (Å²) < 4.78 is 18.1. The molecule has 4 rings (SSSR count). The molecule has 1 N–H and O–H groups in total. The second kappa shape index (κ2) is 9.17. The third kappa shape index (κ3) is 4.21. The maximum atomic E-state index is 15.0. The zero-order valence-corrected chi connectivity index (χ0v) is 18.8. The molecule has 34 heavy (non-hydrogen) atoms. The molecule has 0 unspecified atom stereocenters. The van der Waals surface area contributed by atoms with Gasteiger partial charge in [-0.25, -0.2) is 23.7 Å². The van der Waals surface area contributed by atoms with Crippen molar-refractivity contribution in [3.8, 4) is 0 Å². The molecule has 1 aliphatic heterocycles. The normalized spacial score (nSPS) is 14.6. The van der Waals surface area contributed by atoms with Gasteiger partial charge in [-0.3, -0.25) is 9.69 Å². The number of aryl methyl sites for hydroxylation is 2. The van der Waals surface area contributed by atoms with Crippen molar-refractivity contribution in [1.82, 2.24) is 24.0 Å². The zero-order chi connectivity index (χ0) is 24.6. The lowest BCUT2D eigenvalue weighted by atomic mass is 10.2.